The zero-order chi connectivity index (χ0) is 17.4. The van der Waals surface area contributed by atoms with Crippen molar-refractivity contribution in [2.75, 3.05) is 17.6 Å². The van der Waals surface area contributed by atoms with Gasteiger partial charge in [0, 0.05) is 18.0 Å². The van der Waals surface area contributed by atoms with Crippen LogP contribution in [0.4, 0.5) is 5.69 Å². The van der Waals surface area contributed by atoms with Crippen LogP contribution in [0.1, 0.15) is 6.92 Å². The second-order valence-corrected chi connectivity index (χ2v) is 7.52. The molecule has 0 radical (unpaired) electrons. The van der Waals surface area contributed by atoms with E-state index in [1.165, 1.54) is 4.31 Å². The van der Waals surface area contributed by atoms with Gasteiger partial charge >= 0.3 is 0 Å². The van der Waals surface area contributed by atoms with Crippen LogP contribution in [0.25, 0.3) is 10.8 Å². The SMILES string of the molecule is CCN(c1ccc2c(c1)OCO2)S(=O)(=O)c1cccc2ccccc12. The maximum atomic E-state index is 13.3. The minimum absolute atomic E-state index is 0.154. The molecule has 3 aromatic carbocycles. The number of hydrogen-bond donors (Lipinski definition) is 0. The highest BCUT2D eigenvalue weighted by atomic mass is 32.2. The Balaban J connectivity index is 1.85. The fraction of sp³-hybridized carbons (Fsp3) is 0.158. The molecule has 0 saturated carbocycles. The molecule has 4 rings (SSSR count). The number of ether oxygens (including phenoxy) is 2. The molecular formula is C19H17NO4S. The lowest BCUT2D eigenvalue weighted by Crippen LogP contribution is -2.30. The van der Waals surface area contributed by atoms with Gasteiger partial charge in [-0.05, 0) is 30.5 Å². The highest BCUT2D eigenvalue weighted by Crippen LogP contribution is 2.37. The Hall–Kier alpha value is -2.73. The summed E-state index contributed by atoms with van der Waals surface area (Å²) in [5.74, 6) is 1.19. The van der Waals surface area contributed by atoms with E-state index >= 15 is 0 Å². The molecule has 3 aromatic rings. The number of nitrogens with zero attached hydrogens (tertiary/aromatic N) is 1. The highest BCUT2D eigenvalue weighted by Gasteiger charge is 2.27. The fourth-order valence-corrected chi connectivity index (χ4v) is 4.75. The normalized spacial score (nSPS) is 13.2. The lowest BCUT2D eigenvalue weighted by molar-refractivity contribution is 0.174. The summed E-state index contributed by atoms with van der Waals surface area (Å²) in [6, 6.07) is 18.0. The van der Waals surface area contributed by atoms with Crippen molar-refractivity contribution in [3.8, 4) is 11.5 Å². The van der Waals surface area contributed by atoms with Gasteiger partial charge < -0.3 is 9.47 Å². The van der Waals surface area contributed by atoms with Crippen molar-refractivity contribution in [3.05, 3.63) is 60.7 Å². The van der Waals surface area contributed by atoms with Crippen LogP contribution in [0.2, 0.25) is 0 Å². The monoisotopic (exact) mass is 355 g/mol. The smallest absolute Gasteiger partial charge is 0.264 e. The van der Waals surface area contributed by atoms with Crippen LogP contribution < -0.4 is 13.8 Å². The predicted octanol–water partition coefficient (Wildman–Crippen LogP) is 3.78. The van der Waals surface area contributed by atoms with Gasteiger partial charge in [-0.15, -0.1) is 0 Å². The maximum Gasteiger partial charge on any atom is 0.264 e. The lowest BCUT2D eigenvalue weighted by Gasteiger charge is -2.24. The zero-order valence-electron chi connectivity index (χ0n) is 13.7. The van der Waals surface area contributed by atoms with Crippen molar-refractivity contribution in [1.29, 1.82) is 0 Å². The number of hydrogen-bond acceptors (Lipinski definition) is 4. The first kappa shape index (κ1) is 15.8. The number of anilines is 1. The van der Waals surface area contributed by atoms with Gasteiger partial charge in [0.25, 0.3) is 10.0 Å². The molecule has 1 aliphatic heterocycles. The van der Waals surface area contributed by atoms with E-state index in [1.807, 2.05) is 37.3 Å². The molecule has 6 heteroatoms. The van der Waals surface area contributed by atoms with E-state index < -0.39 is 10.0 Å². The second kappa shape index (κ2) is 5.97. The molecule has 25 heavy (non-hydrogen) atoms. The number of sulfonamides is 1. The molecule has 0 spiro atoms. The quantitative estimate of drug-likeness (QED) is 0.715. The third kappa shape index (κ3) is 2.59. The lowest BCUT2D eigenvalue weighted by atomic mass is 10.1. The molecule has 0 fully saturated rings. The topological polar surface area (TPSA) is 55.8 Å². The second-order valence-electron chi connectivity index (χ2n) is 5.68. The third-order valence-electron chi connectivity index (χ3n) is 4.25. The summed E-state index contributed by atoms with van der Waals surface area (Å²) in [6.45, 7) is 2.28. The molecule has 0 N–H and O–H groups in total. The standard InChI is InChI=1S/C19H17NO4S/c1-2-20(15-10-11-17-18(12-15)24-13-23-17)25(21,22)19-9-5-7-14-6-3-4-8-16(14)19/h3-12H,2,13H2,1H3. The Morgan fingerprint density at radius 1 is 0.960 bits per heavy atom. The maximum absolute atomic E-state index is 13.3. The molecule has 0 atom stereocenters. The summed E-state index contributed by atoms with van der Waals surface area (Å²) >= 11 is 0. The van der Waals surface area contributed by atoms with Gasteiger partial charge in [-0.2, -0.15) is 0 Å². The first-order valence-electron chi connectivity index (χ1n) is 8.01. The number of benzene rings is 3. The molecule has 0 saturated heterocycles. The molecule has 0 amide bonds. The molecular weight excluding hydrogens is 338 g/mol. The van der Waals surface area contributed by atoms with Gasteiger partial charge in [0.1, 0.15) is 0 Å². The Morgan fingerprint density at radius 3 is 2.56 bits per heavy atom. The Kier molecular flexibility index (Phi) is 3.77. The molecule has 0 unspecified atom stereocenters. The summed E-state index contributed by atoms with van der Waals surface area (Å²) in [5, 5.41) is 1.61. The van der Waals surface area contributed by atoms with E-state index in [9.17, 15) is 8.42 Å². The van der Waals surface area contributed by atoms with E-state index in [2.05, 4.69) is 0 Å². The molecule has 0 aliphatic carbocycles. The van der Waals surface area contributed by atoms with Crippen LogP contribution in [-0.4, -0.2) is 21.8 Å². The van der Waals surface area contributed by atoms with Gasteiger partial charge in [-0.1, -0.05) is 36.4 Å². The third-order valence-corrected chi connectivity index (χ3v) is 6.21. The minimum Gasteiger partial charge on any atom is -0.454 e. The van der Waals surface area contributed by atoms with E-state index in [0.29, 0.717) is 34.0 Å². The van der Waals surface area contributed by atoms with E-state index in [1.54, 1.807) is 30.3 Å². The van der Waals surface area contributed by atoms with Crippen LogP contribution >= 0.6 is 0 Å². The van der Waals surface area contributed by atoms with E-state index in [-0.39, 0.29) is 6.79 Å². The van der Waals surface area contributed by atoms with Gasteiger partial charge in [0.05, 0.1) is 10.6 Å². The average molecular weight is 355 g/mol. The van der Waals surface area contributed by atoms with E-state index in [4.69, 9.17) is 9.47 Å². The molecule has 0 aromatic heterocycles. The highest BCUT2D eigenvalue weighted by molar-refractivity contribution is 7.93. The van der Waals surface area contributed by atoms with Crippen molar-refractivity contribution in [3.63, 3.8) is 0 Å². The summed E-state index contributed by atoms with van der Waals surface area (Å²) in [4.78, 5) is 0.296. The first-order chi connectivity index (χ1) is 12.1. The number of rotatable bonds is 4. The Labute approximate surface area is 146 Å². The first-order valence-corrected chi connectivity index (χ1v) is 9.45. The van der Waals surface area contributed by atoms with Crippen molar-refractivity contribution in [1.82, 2.24) is 0 Å². The van der Waals surface area contributed by atoms with Gasteiger partial charge in [0.2, 0.25) is 6.79 Å². The molecule has 0 bridgehead atoms. The van der Waals surface area contributed by atoms with Crippen molar-refractivity contribution < 1.29 is 17.9 Å². The van der Waals surface area contributed by atoms with Crippen molar-refractivity contribution in [2.45, 2.75) is 11.8 Å². The van der Waals surface area contributed by atoms with E-state index in [0.717, 1.165) is 5.39 Å². The molecule has 1 aliphatic rings. The van der Waals surface area contributed by atoms with Crippen LogP contribution in [0.3, 0.4) is 0 Å². The van der Waals surface area contributed by atoms with Gasteiger partial charge in [0.15, 0.2) is 11.5 Å². The van der Waals surface area contributed by atoms with Crippen molar-refractivity contribution in [2.24, 2.45) is 0 Å². The largest absolute Gasteiger partial charge is 0.454 e. The Morgan fingerprint density at radius 2 is 1.72 bits per heavy atom. The summed E-state index contributed by atoms with van der Waals surface area (Å²) in [7, 11) is -3.71. The molecule has 1 heterocycles. The molecule has 5 nitrogen and oxygen atoms in total. The summed E-state index contributed by atoms with van der Waals surface area (Å²) in [6.07, 6.45) is 0. The van der Waals surface area contributed by atoms with Crippen molar-refractivity contribution >= 4 is 26.5 Å². The zero-order valence-corrected chi connectivity index (χ0v) is 14.5. The van der Waals surface area contributed by atoms with Crippen LogP contribution in [0, 0.1) is 0 Å². The fourth-order valence-electron chi connectivity index (χ4n) is 3.07. The average Bonchev–Trinajstić information content (AvgIpc) is 3.09. The predicted molar refractivity (Wildman–Crippen MR) is 96.7 cm³/mol. The van der Waals surface area contributed by atoms with Crippen LogP contribution in [0.5, 0.6) is 11.5 Å². The van der Waals surface area contributed by atoms with Crippen LogP contribution in [0.15, 0.2) is 65.6 Å². The van der Waals surface area contributed by atoms with Crippen LogP contribution in [-0.2, 0) is 10.0 Å². The minimum atomic E-state index is -3.71. The van der Waals surface area contributed by atoms with Gasteiger partial charge in [-0.3, -0.25) is 4.31 Å². The summed E-state index contributed by atoms with van der Waals surface area (Å²) < 4.78 is 38.7. The van der Waals surface area contributed by atoms with Gasteiger partial charge in [-0.25, -0.2) is 8.42 Å². The number of fused-ring (bicyclic) bond motifs is 2. The Bertz CT molecular complexity index is 1040. The summed E-state index contributed by atoms with van der Waals surface area (Å²) in [5.41, 5.74) is 0.555. The molecule has 128 valence electrons.